The van der Waals surface area contributed by atoms with Gasteiger partial charge in [0.2, 0.25) is 0 Å². The number of ether oxygens (including phenoxy) is 1. The van der Waals surface area contributed by atoms with Gasteiger partial charge in [-0.3, -0.25) is 19.2 Å². The minimum atomic E-state index is -4.20. The maximum Gasteiger partial charge on any atom is 0.326 e. The number of aryl methyl sites for hydroxylation is 1. The van der Waals surface area contributed by atoms with Crippen molar-refractivity contribution in [3.05, 3.63) is 63.2 Å². The van der Waals surface area contributed by atoms with E-state index in [2.05, 4.69) is 0 Å². The van der Waals surface area contributed by atoms with Crippen LogP contribution in [0, 0.1) is 17.0 Å². The van der Waals surface area contributed by atoms with Crippen LogP contribution in [0.4, 0.5) is 11.4 Å². The van der Waals surface area contributed by atoms with Crippen molar-refractivity contribution in [1.29, 1.82) is 0 Å². The van der Waals surface area contributed by atoms with Crippen LogP contribution in [0.25, 0.3) is 0 Å². The van der Waals surface area contributed by atoms with E-state index >= 15 is 0 Å². The van der Waals surface area contributed by atoms with Gasteiger partial charge in [0.1, 0.15) is 6.54 Å². The Morgan fingerprint density at radius 2 is 1.85 bits per heavy atom. The summed E-state index contributed by atoms with van der Waals surface area (Å²) in [5.41, 5.74) is 0.172. The molecule has 0 spiro atoms. The average molecular weight is 413 g/mol. The highest BCUT2D eigenvalue weighted by atomic mass is 35.5. The Labute approximate surface area is 161 Å². The van der Waals surface area contributed by atoms with Gasteiger partial charge in [-0.05, 0) is 43.7 Å². The Morgan fingerprint density at radius 3 is 2.41 bits per heavy atom. The third-order valence-corrected chi connectivity index (χ3v) is 5.68. The lowest BCUT2D eigenvalue weighted by atomic mass is 10.2. The molecule has 8 nitrogen and oxygen atoms in total. The second-order valence-electron chi connectivity index (χ2n) is 5.50. The van der Waals surface area contributed by atoms with Crippen LogP contribution in [-0.2, 0) is 19.6 Å². The van der Waals surface area contributed by atoms with Crippen LogP contribution >= 0.6 is 11.6 Å². The molecule has 27 heavy (non-hydrogen) atoms. The van der Waals surface area contributed by atoms with E-state index in [0.29, 0.717) is 10.6 Å². The molecule has 144 valence electrons. The van der Waals surface area contributed by atoms with E-state index in [-0.39, 0.29) is 22.9 Å². The second-order valence-corrected chi connectivity index (χ2v) is 7.80. The number of sulfonamides is 1. The van der Waals surface area contributed by atoms with E-state index < -0.39 is 27.5 Å². The lowest BCUT2D eigenvalue weighted by Gasteiger charge is -2.25. The molecule has 2 aromatic rings. The standard InChI is InChI=1S/C17H17ClN2O6S/c1-3-26-17(21)11-19(16-10-14(20(22)23)7-4-12(16)2)27(24,25)15-8-5-13(18)6-9-15/h4-10H,3,11H2,1-2H3. The summed E-state index contributed by atoms with van der Waals surface area (Å²) in [6, 6.07) is 9.18. The minimum Gasteiger partial charge on any atom is -0.465 e. The summed E-state index contributed by atoms with van der Waals surface area (Å²) in [5.74, 6) is -0.777. The first kappa shape index (κ1) is 20.7. The average Bonchev–Trinajstić information content (AvgIpc) is 2.60. The molecule has 0 saturated carbocycles. The first-order valence-corrected chi connectivity index (χ1v) is 9.67. The fourth-order valence-electron chi connectivity index (χ4n) is 2.34. The number of anilines is 1. The third kappa shape index (κ3) is 4.75. The van der Waals surface area contributed by atoms with Crippen LogP contribution in [0.5, 0.6) is 0 Å². The SMILES string of the molecule is CCOC(=O)CN(c1cc([N+](=O)[O-])ccc1C)S(=O)(=O)c1ccc(Cl)cc1. The molecule has 2 aromatic carbocycles. The molecule has 0 radical (unpaired) electrons. The van der Waals surface area contributed by atoms with Crippen molar-refractivity contribution in [3.8, 4) is 0 Å². The van der Waals surface area contributed by atoms with Gasteiger partial charge in [0.15, 0.2) is 0 Å². The number of benzene rings is 2. The van der Waals surface area contributed by atoms with Gasteiger partial charge in [0.25, 0.3) is 15.7 Å². The Kier molecular flexibility index (Phi) is 6.40. The number of non-ortho nitro benzene ring substituents is 1. The highest BCUT2D eigenvalue weighted by Crippen LogP contribution is 2.30. The number of halogens is 1. The number of nitro benzene ring substituents is 1. The van der Waals surface area contributed by atoms with Gasteiger partial charge in [-0.2, -0.15) is 0 Å². The van der Waals surface area contributed by atoms with E-state index in [0.717, 1.165) is 10.4 Å². The zero-order valence-electron chi connectivity index (χ0n) is 14.6. The van der Waals surface area contributed by atoms with E-state index in [1.54, 1.807) is 13.8 Å². The Balaban J connectivity index is 2.61. The summed E-state index contributed by atoms with van der Waals surface area (Å²) >= 11 is 5.81. The number of hydrogen-bond acceptors (Lipinski definition) is 6. The number of hydrogen-bond donors (Lipinski definition) is 0. The first-order valence-electron chi connectivity index (χ1n) is 7.85. The predicted molar refractivity (Wildman–Crippen MR) is 100 cm³/mol. The van der Waals surface area contributed by atoms with Crippen LogP contribution in [-0.4, -0.2) is 32.5 Å². The molecule has 0 saturated heterocycles. The number of rotatable bonds is 7. The monoisotopic (exact) mass is 412 g/mol. The Hall–Kier alpha value is -2.65. The van der Waals surface area contributed by atoms with E-state index in [9.17, 15) is 23.3 Å². The summed E-state index contributed by atoms with van der Waals surface area (Å²) < 4.78 is 31.9. The molecule has 0 unspecified atom stereocenters. The number of carbonyl (C=O) groups is 1. The van der Waals surface area contributed by atoms with Crippen LogP contribution in [0.3, 0.4) is 0 Å². The van der Waals surface area contributed by atoms with Crippen LogP contribution < -0.4 is 4.31 Å². The number of esters is 1. The van der Waals surface area contributed by atoms with Crippen molar-refractivity contribution in [2.24, 2.45) is 0 Å². The lowest BCUT2D eigenvalue weighted by molar-refractivity contribution is -0.384. The summed E-state index contributed by atoms with van der Waals surface area (Å²) in [6.45, 7) is 2.63. The van der Waals surface area contributed by atoms with Gasteiger partial charge in [-0.15, -0.1) is 0 Å². The molecule has 0 atom stereocenters. The zero-order chi connectivity index (χ0) is 20.2. The third-order valence-electron chi connectivity index (χ3n) is 3.65. The van der Waals surface area contributed by atoms with E-state index in [1.807, 2.05) is 0 Å². The van der Waals surface area contributed by atoms with Gasteiger partial charge in [0.05, 0.1) is 22.1 Å². The minimum absolute atomic E-state index is 0.0206. The normalized spacial score (nSPS) is 11.1. The maximum absolute atomic E-state index is 13.1. The fourth-order valence-corrected chi connectivity index (χ4v) is 3.93. The van der Waals surface area contributed by atoms with Crippen molar-refractivity contribution in [2.75, 3.05) is 17.5 Å². The molecule has 0 fully saturated rings. The van der Waals surface area contributed by atoms with Crippen molar-refractivity contribution in [1.82, 2.24) is 0 Å². The Bertz CT molecular complexity index is 960. The molecule has 0 aliphatic carbocycles. The largest absolute Gasteiger partial charge is 0.465 e. The van der Waals surface area contributed by atoms with E-state index in [1.165, 1.54) is 36.4 Å². The molecular formula is C17H17ClN2O6S. The molecule has 0 amide bonds. The summed E-state index contributed by atoms with van der Waals surface area (Å²) in [4.78, 5) is 22.4. The Morgan fingerprint density at radius 1 is 1.22 bits per heavy atom. The van der Waals surface area contributed by atoms with Crippen LogP contribution in [0.1, 0.15) is 12.5 Å². The van der Waals surface area contributed by atoms with Crippen LogP contribution in [0.2, 0.25) is 5.02 Å². The van der Waals surface area contributed by atoms with Gasteiger partial charge in [0, 0.05) is 17.2 Å². The smallest absolute Gasteiger partial charge is 0.326 e. The molecular weight excluding hydrogens is 396 g/mol. The first-order chi connectivity index (χ1) is 12.7. The highest BCUT2D eigenvalue weighted by Gasteiger charge is 2.30. The molecule has 0 bridgehead atoms. The molecule has 0 aliphatic heterocycles. The second kappa shape index (κ2) is 8.36. The summed E-state index contributed by atoms with van der Waals surface area (Å²) in [6.07, 6.45) is 0. The molecule has 0 heterocycles. The summed E-state index contributed by atoms with van der Waals surface area (Å²) in [5, 5.41) is 11.4. The van der Waals surface area contributed by atoms with Crippen molar-refractivity contribution >= 4 is 39.0 Å². The number of nitrogens with zero attached hydrogens (tertiary/aromatic N) is 2. The quantitative estimate of drug-likeness (QED) is 0.392. The van der Waals surface area contributed by atoms with Crippen molar-refractivity contribution in [3.63, 3.8) is 0 Å². The maximum atomic E-state index is 13.1. The lowest BCUT2D eigenvalue weighted by Crippen LogP contribution is -2.37. The topological polar surface area (TPSA) is 107 Å². The number of carbonyl (C=O) groups excluding carboxylic acids is 1. The van der Waals surface area contributed by atoms with Crippen LogP contribution in [0.15, 0.2) is 47.4 Å². The van der Waals surface area contributed by atoms with Crippen molar-refractivity contribution in [2.45, 2.75) is 18.7 Å². The summed E-state index contributed by atoms with van der Waals surface area (Å²) in [7, 11) is -4.20. The fraction of sp³-hybridized carbons (Fsp3) is 0.235. The number of nitro groups is 1. The van der Waals surface area contributed by atoms with Crippen molar-refractivity contribution < 1.29 is 22.9 Å². The van der Waals surface area contributed by atoms with E-state index in [4.69, 9.17) is 16.3 Å². The molecule has 0 N–H and O–H groups in total. The molecule has 0 aliphatic rings. The molecule has 2 rings (SSSR count). The highest BCUT2D eigenvalue weighted by molar-refractivity contribution is 7.92. The molecule has 0 aromatic heterocycles. The van der Waals surface area contributed by atoms with Gasteiger partial charge in [-0.25, -0.2) is 8.42 Å². The van der Waals surface area contributed by atoms with Gasteiger partial charge >= 0.3 is 5.97 Å². The zero-order valence-corrected chi connectivity index (χ0v) is 16.2. The predicted octanol–water partition coefficient (Wildman–Crippen LogP) is 3.32. The molecule has 10 heteroatoms. The van der Waals surface area contributed by atoms with Gasteiger partial charge < -0.3 is 4.74 Å². The van der Waals surface area contributed by atoms with Gasteiger partial charge in [-0.1, -0.05) is 17.7 Å².